The molecule has 198 valence electrons. The van der Waals surface area contributed by atoms with Crippen LogP contribution in [0.2, 0.25) is 0 Å². The van der Waals surface area contributed by atoms with Gasteiger partial charge in [0.15, 0.2) is 0 Å². The molecule has 1 aliphatic rings. The lowest BCUT2D eigenvalue weighted by Crippen LogP contribution is -2.23. The number of pyridine rings is 1. The Labute approximate surface area is 231 Å². The van der Waals surface area contributed by atoms with Crippen LogP contribution >= 0.6 is 0 Å². The van der Waals surface area contributed by atoms with Gasteiger partial charge in [-0.1, -0.05) is 30.3 Å². The largest absolute Gasteiger partial charge is 0.392 e. The number of nitrogens with zero attached hydrogens (tertiary/aromatic N) is 5. The van der Waals surface area contributed by atoms with Crippen LogP contribution in [0.4, 0.5) is 11.6 Å². The average molecular weight is 529 g/mol. The third-order valence-electron chi connectivity index (χ3n) is 7.12. The molecule has 0 radical (unpaired) electrons. The highest BCUT2D eigenvalue weighted by Gasteiger charge is 2.32. The minimum atomic E-state index is -0.0266. The number of hydrogen-bond donors (Lipinski definition) is 3. The molecule has 2 aromatic carbocycles. The minimum Gasteiger partial charge on any atom is -0.392 e. The number of para-hydroxylation sites is 1. The van der Waals surface area contributed by atoms with Crippen LogP contribution in [0.15, 0.2) is 90.1 Å². The van der Waals surface area contributed by atoms with Crippen LogP contribution < -0.4 is 16.0 Å². The molecule has 40 heavy (non-hydrogen) atoms. The second kappa shape index (κ2) is 10.1. The highest BCUT2D eigenvalue weighted by atomic mass is 16.2. The van der Waals surface area contributed by atoms with Crippen LogP contribution in [0, 0.1) is 6.92 Å². The summed E-state index contributed by atoms with van der Waals surface area (Å²) in [6.07, 6.45) is 8.88. The third-order valence-corrected chi connectivity index (χ3v) is 7.12. The molecule has 6 rings (SSSR count). The smallest absolute Gasteiger partial charge is 0.259 e. The number of fused-ring (bicyclic) bond motifs is 2. The first-order valence-electron chi connectivity index (χ1n) is 12.9. The van der Waals surface area contributed by atoms with Crippen molar-refractivity contribution in [1.29, 1.82) is 0 Å². The fourth-order valence-corrected chi connectivity index (χ4v) is 5.09. The highest BCUT2D eigenvalue weighted by molar-refractivity contribution is 6.17. The zero-order valence-electron chi connectivity index (χ0n) is 22.4. The van der Waals surface area contributed by atoms with E-state index in [1.54, 1.807) is 24.7 Å². The van der Waals surface area contributed by atoms with E-state index >= 15 is 0 Å². The van der Waals surface area contributed by atoms with E-state index in [1.165, 1.54) is 0 Å². The number of nitrogens with one attached hydrogen (secondary N) is 2. The molecule has 0 fully saturated rings. The van der Waals surface area contributed by atoms with Crippen molar-refractivity contribution in [2.45, 2.75) is 20.4 Å². The van der Waals surface area contributed by atoms with Gasteiger partial charge in [0.05, 0.1) is 29.0 Å². The molecule has 1 aliphatic heterocycles. The van der Waals surface area contributed by atoms with Gasteiger partial charge >= 0.3 is 0 Å². The van der Waals surface area contributed by atoms with Gasteiger partial charge in [0.1, 0.15) is 5.84 Å². The second-order valence-electron chi connectivity index (χ2n) is 9.68. The van der Waals surface area contributed by atoms with Crippen molar-refractivity contribution in [3.8, 4) is 22.4 Å². The van der Waals surface area contributed by atoms with Crippen molar-refractivity contribution in [1.82, 2.24) is 25.3 Å². The molecule has 4 heterocycles. The van der Waals surface area contributed by atoms with E-state index in [0.717, 1.165) is 61.4 Å². The van der Waals surface area contributed by atoms with Crippen molar-refractivity contribution < 1.29 is 4.79 Å². The van der Waals surface area contributed by atoms with Crippen LogP contribution in [-0.4, -0.2) is 38.7 Å². The molecule has 5 aromatic rings. The summed E-state index contributed by atoms with van der Waals surface area (Å²) in [5.41, 5.74) is 14.8. The number of benzene rings is 2. The maximum atomic E-state index is 13.9. The Bertz CT molecular complexity index is 1820. The molecule has 0 bridgehead atoms. The second-order valence-corrected chi connectivity index (χ2v) is 9.68. The number of amides is 1. The van der Waals surface area contributed by atoms with Gasteiger partial charge in [-0.3, -0.25) is 9.78 Å². The summed E-state index contributed by atoms with van der Waals surface area (Å²) in [5.74, 6) is 0.556. The molecule has 3 aromatic heterocycles. The molecule has 0 aliphatic carbocycles. The number of nitrogens with two attached hydrogens (primary N) is 1. The molecule has 0 saturated heterocycles. The number of aliphatic imine (C=N–C) groups is 1. The molecule has 1 amide bonds. The van der Waals surface area contributed by atoms with E-state index in [-0.39, 0.29) is 11.9 Å². The number of H-pyrrole nitrogens is 1. The summed E-state index contributed by atoms with van der Waals surface area (Å²) >= 11 is 0. The van der Waals surface area contributed by atoms with E-state index in [1.807, 2.05) is 80.5 Å². The first kappa shape index (κ1) is 25.0. The maximum Gasteiger partial charge on any atom is 0.259 e. The summed E-state index contributed by atoms with van der Waals surface area (Å²) in [7, 11) is 1.82. The summed E-state index contributed by atoms with van der Waals surface area (Å²) in [6.45, 7) is 4.35. The molecule has 0 spiro atoms. The lowest BCUT2D eigenvalue weighted by molar-refractivity contribution is 0.0997. The van der Waals surface area contributed by atoms with E-state index in [2.05, 4.69) is 25.3 Å². The molecule has 9 heteroatoms. The van der Waals surface area contributed by atoms with Gasteiger partial charge in [-0.05, 0) is 60.4 Å². The van der Waals surface area contributed by atoms with Gasteiger partial charge in [0.2, 0.25) is 0 Å². The third kappa shape index (κ3) is 4.37. The minimum absolute atomic E-state index is 0.0266. The predicted octanol–water partition coefficient (Wildman–Crippen LogP) is 5.27. The Balaban J connectivity index is 1.39. The fraction of sp³-hybridized carbons (Fsp3) is 0.129. The van der Waals surface area contributed by atoms with Crippen LogP contribution in [0.25, 0.3) is 33.3 Å². The Morgan fingerprint density at radius 1 is 1.12 bits per heavy atom. The van der Waals surface area contributed by atoms with Crippen LogP contribution in [0.3, 0.4) is 0 Å². The van der Waals surface area contributed by atoms with Gasteiger partial charge in [-0.15, -0.1) is 0 Å². The topological polar surface area (TPSA) is 125 Å². The predicted molar refractivity (Wildman–Crippen MR) is 158 cm³/mol. The first-order valence-corrected chi connectivity index (χ1v) is 12.9. The van der Waals surface area contributed by atoms with Crippen molar-refractivity contribution in [2.75, 3.05) is 11.9 Å². The number of aryl methyl sites for hydroxylation is 1. The molecule has 0 saturated carbocycles. The summed E-state index contributed by atoms with van der Waals surface area (Å²) in [6, 6.07) is 15.8. The molecular weight excluding hydrogens is 500 g/mol. The SMILES string of the molecule is CN/C(C)=C\C(N)=N/c1ncc(C)c(-c2c[nH]c3c(N4Cc5cccc(-c6ccncc6)c5C4=O)cccc23)n1. The molecule has 0 unspecified atom stereocenters. The van der Waals surface area contributed by atoms with Gasteiger partial charge in [-0.2, -0.15) is 4.99 Å². The number of carbonyl (C=O) groups excluding carboxylic acids is 1. The highest BCUT2D eigenvalue weighted by Crippen LogP contribution is 2.39. The van der Waals surface area contributed by atoms with E-state index in [4.69, 9.17) is 10.7 Å². The molecule has 0 atom stereocenters. The quantitative estimate of drug-likeness (QED) is 0.204. The van der Waals surface area contributed by atoms with Crippen molar-refractivity contribution in [3.63, 3.8) is 0 Å². The maximum absolute atomic E-state index is 13.9. The van der Waals surface area contributed by atoms with E-state index < -0.39 is 0 Å². The van der Waals surface area contributed by atoms with Gasteiger partial charge in [0, 0.05) is 48.5 Å². The molecule has 9 nitrogen and oxygen atoms in total. The number of hydrogen-bond acceptors (Lipinski definition) is 6. The first-order chi connectivity index (χ1) is 19.4. The fourth-order valence-electron chi connectivity index (χ4n) is 5.09. The zero-order valence-corrected chi connectivity index (χ0v) is 22.4. The summed E-state index contributed by atoms with van der Waals surface area (Å²) in [4.78, 5) is 36.7. The summed E-state index contributed by atoms with van der Waals surface area (Å²) < 4.78 is 0. The Morgan fingerprint density at radius 2 is 1.93 bits per heavy atom. The number of allylic oxidation sites excluding steroid dienone is 1. The van der Waals surface area contributed by atoms with Gasteiger partial charge in [0.25, 0.3) is 11.9 Å². The van der Waals surface area contributed by atoms with E-state index in [9.17, 15) is 4.79 Å². The van der Waals surface area contributed by atoms with E-state index in [0.29, 0.717) is 12.4 Å². The lowest BCUT2D eigenvalue weighted by atomic mass is 9.97. The Morgan fingerprint density at radius 3 is 2.73 bits per heavy atom. The van der Waals surface area contributed by atoms with Gasteiger partial charge < -0.3 is 20.9 Å². The van der Waals surface area contributed by atoms with Crippen LogP contribution in [-0.2, 0) is 6.54 Å². The number of carbonyl (C=O) groups is 1. The van der Waals surface area contributed by atoms with Gasteiger partial charge in [-0.25, -0.2) is 9.97 Å². The number of aromatic amines is 1. The monoisotopic (exact) mass is 528 g/mol. The number of amidine groups is 1. The number of anilines is 1. The van der Waals surface area contributed by atoms with Crippen LogP contribution in [0.5, 0.6) is 0 Å². The zero-order chi connectivity index (χ0) is 27.8. The summed E-state index contributed by atoms with van der Waals surface area (Å²) in [5, 5.41) is 3.97. The van der Waals surface area contributed by atoms with Crippen molar-refractivity contribution in [3.05, 3.63) is 102 Å². The van der Waals surface area contributed by atoms with Crippen molar-refractivity contribution >= 4 is 34.3 Å². The molecule has 4 N–H and O–H groups in total. The van der Waals surface area contributed by atoms with Crippen molar-refractivity contribution in [2.24, 2.45) is 10.7 Å². The molecular formula is C31H28N8O. The number of rotatable bonds is 6. The Hall–Kier alpha value is -5.31. The Kier molecular flexibility index (Phi) is 6.31. The number of aromatic nitrogens is 4. The lowest BCUT2D eigenvalue weighted by Gasteiger charge is -2.17. The standard InChI is InChI=1S/C31H28N8O/c1-18-15-36-31(37-26(32)14-19(2)33-3)38-28(18)24-16-35-29-23(24)8-5-9-25(29)39-17-21-6-4-7-22(27(21)30(39)40)20-10-12-34-13-11-20/h4-16,33,35H,17H2,1-3H3,(H2,32,36,37,38)/b19-14-. The van der Waals surface area contributed by atoms with Crippen LogP contribution in [0.1, 0.15) is 28.4 Å². The average Bonchev–Trinajstić information content (AvgIpc) is 3.55. The normalized spacial score (nSPS) is 13.7.